The number of ether oxygens (including phenoxy) is 2. The largest absolute Gasteiger partial charge is 0.493 e. The maximum Gasteiger partial charge on any atom is 0.387 e. The predicted octanol–water partition coefficient (Wildman–Crippen LogP) is 5.44. The fraction of sp³-hybridized carbons (Fsp3) is 0.385. The molecule has 0 spiro atoms. The Labute approximate surface area is 198 Å². The summed E-state index contributed by atoms with van der Waals surface area (Å²) in [5, 5.41) is 2.85. The van der Waals surface area contributed by atoms with Gasteiger partial charge in [-0.05, 0) is 42.0 Å². The van der Waals surface area contributed by atoms with Gasteiger partial charge in [0.2, 0.25) is 5.91 Å². The van der Waals surface area contributed by atoms with Gasteiger partial charge < -0.3 is 19.2 Å². The third-order valence-electron chi connectivity index (χ3n) is 5.18. The first-order chi connectivity index (χ1) is 16.3. The van der Waals surface area contributed by atoms with E-state index in [0.717, 1.165) is 17.5 Å². The third kappa shape index (κ3) is 7.57. The zero-order valence-corrected chi connectivity index (χ0v) is 19.6. The summed E-state index contributed by atoms with van der Waals surface area (Å²) < 4.78 is 40.2. The number of aromatic nitrogens is 1. The van der Waals surface area contributed by atoms with Crippen molar-refractivity contribution in [2.75, 3.05) is 13.7 Å². The molecule has 0 bridgehead atoms. The first-order valence-electron chi connectivity index (χ1n) is 11.3. The van der Waals surface area contributed by atoms with E-state index in [9.17, 15) is 13.6 Å². The van der Waals surface area contributed by atoms with E-state index in [2.05, 4.69) is 41.0 Å². The van der Waals surface area contributed by atoms with Crippen LogP contribution in [0.2, 0.25) is 0 Å². The maximum atomic E-state index is 12.4. The molecule has 0 unspecified atom stereocenters. The van der Waals surface area contributed by atoms with E-state index in [-0.39, 0.29) is 23.8 Å². The predicted molar refractivity (Wildman–Crippen MR) is 125 cm³/mol. The van der Waals surface area contributed by atoms with Crippen LogP contribution in [-0.4, -0.2) is 31.2 Å². The van der Waals surface area contributed by atoms with Crippen molar-refractivity contribution in [2.45, 2.75) is 46.1 Å². The molecular weight excluding hydrogens is 442 g/mol. The zero-order chi connectivity index (χ0) is 24.5. The molecule has 0 aliphatic rings. The van der Waals surface area contributed by atoms with Crippen LogP contribution >= 0.6 is 0 Å². The van der Waals surface area contributed by atoms with E-state index >= 15 is 0 Å². The SMILES string of the molecule is COc1cc(CCNC(=O)CCc2ncc(-c3ccc(CC(C)C)cc3)o2)ccc1OC(F)F. The van der Waals surface area contributed by atoms with Crippen LogP contribution in [0.1, 0.15) is 37.3 Å². The molecule has 0 radical (unpaired) electrons. The lowest BCUT2D eigenvalue weighted by Crippen LogP contribution is -2.25. The molecule has 1 amide bonds. The van der Waals surface area contributed by atoms with Crippen molar-refractivity contribution in [3.8, 4) is 22.8 Å². The summed E-state index contributed by atoms with van der Waals surface area (Å²) in [5.41, 5.74) is 3.07. The Morgan fingerprint density at radius 3 is 2.47 bits per heavy atom. The number of methoxy groups -OCH3 is 1. The molecule has 0 atom stereocenters. The van der Waals surface area contributed by atoms with Crippen LogP contribution in [0.5, 0.6) is 11.5 Å². The first kappa shape index (κ1) is 25.2. The number of amides is 1. The van der Waals surface area contributed by atoms with Gasteiger partial charge in [-0.2, -0.15) is 8.78 Å². The van der Waals surface area contributed by atoms with Gasteiger partial charge in [-0.1, -0.05) is 44.2 Å². The van der Waals surface area contributed by atoms with Gasteiger partial charge in [0.05, 0.1) is 13.3 Å². The summed E-state index contributed by atoms with van der Waals surface area (Å²) >= 11 is 0. The summed E-state index contributed by atoms with van der Waals surface area (Å²) in [6.07, 6.45) is 3.87. The fourth-order valence-corrected chi connectivity index (χ4v) is 3.55. The first-order valence-corrected chi connectivity index (χ1v) is 11.3. The van der Waals surface area contributed by atoms with Crippen molar-refractivity contribution in [1.29, 1.82) is 0 Å². The molecule has 1 aromatic heterocycles. The lowest BCUT2D eigenvalue weighted by Gasteiger charge is -2.11. The van der Waals surface area contributed by atoms with E-state index in [4.69, 9.17) is 9.15 Å². The van der Waals surface area contributed by atoms with Crippen molar-refractivity contribution < 1.29 is 27.5 Å². The minimum absolute atomic E-state index is 0.0258. The Morgan fingerprint density at radius 1 is 1.06 bits per heavy atom. The number of carbonyl (C=O) groups excluding carboxylic acids is 1. The van der Waals surface area contributed by atoms with Crippen molar-refractivity contribution in [3.05, 3.63) is 65.7 Å². The normalized spacial score (nSPS) is 11.1. The minimum Gasteiger partial charge on any atom is -0.493 e. The van der Waals surface area contributed by atoms with Gasteiger partial charge in [0.25, 0.3) is 0 Å². The molecule has 0 aliphatic heterocycles. The van der Waals surface area contributed by atoms with Crippen LogP contribution in [0, 0.1) is 5.92 Å². The van der Waals surface area contributed by atoms with Crippen molar-refractivity contribution in [2.24, 2.45) is 5.92 Å². The molecule has 0 fully saturated rings. The number of nitrogens with zero attached hydrogens (tertiary/aromatic N) is 1. The van der Waals surface area contributed by atoms with Gasteiger partial charge >= 0.3 is 6.61 Å². The van der Waals surface area contributed by atoms with Gasteiger partial charge in [-0.25, -0.2) is 4.98 Å². The van der Waals surface area contributed by atoms with Gasteiger partial charge in [0.1, 0.15) is 0 Å². The average Bonchev–Trinajstić information content (AvgIpc) is 3.27. The second-order valence-corrected chi connectivity index (χ2v) is 8.38. The number of hydrogen-bond acceptors (Lipinski definition) is 5. The number of hydrogen-bond donors (Lipinski definition) is 1. The van der Waals surface area contributed by atoms with Crippen LogP contribution in [0.3, 0.4) is 0 Å². The Bertz CT molecular complexity index is 1060. The lowest BCUT2D eigenvalue weighted by molar-refractivity contribution is -0.121. The van der Waals surface area contributed by atoms with Gasteiger partial charge in [-0.15, -0.1) is 0 Å². The van der Waals surface area contributed by atoms with Gasteiger partial charge in [-0.3, -0.25) is 4.79 Å². The quantitative estimate of drug-likeness (QED) is 0.380. The Kier molecular flexibility index (Phi) is 9.01. The van der Waals surface area contributed by atoms with Gasteiger partial charge in [0, 0.05) is 24.9 Å². The third-order valence-corrected chi connectivity index (χ3v) is 5.18. The molecular formula is C26H30F2N2O4. The molecule has 182 valence electrons. The monoisotopic (exact) mass is 472 g/mol. The molecule has 1 N–H and O–H groups in total. The Hall–Kier alpha value is -3.42. The number of rotatable bonds is 12. The molecule has 34 heavy (non-hydrogen) atoms. The number of alkyl halides is 2. The van der Waals surface area contributed by atoms with Crippen LogP contribution in [0.25, 0.3) is 11.3 Å². The van der Waals surface area contributed by atoms with E-state index < -0.39 is 6.61 Å². The molecule has 3 rings (SSSR count). The number of benzene rings is 2. The van der Waals surface area contributed by atoms with Crippen molar-refractivity contribution in [3.63, 3.8) is 0 Å². The fourth-order valence-electron chi connectivity index (χ4n) is 3.55. The highest BCUT2D eigenvalue weighted by Crippen LogP contribution is 2.29. The maximum absolute atomic E-state index is 12.4. The molecule has 0 aliphatic carbocycles. The highest BCUT2D eigenvalue weighted by molar-refractivity contribution is 5.76. The van der Waals surface area contributed by atoms with E-state index in [1.165, 1.54) is 18.7 Å². The standard InChI is InChI=1S/C26H30F2N2O4/c1-17(2)14-18-4-7-20(8-5-18)23-16-30-25(33-23)11-10-24(31)29-13-12-19-6-9-21(34-26(27)28)22(15-19)32-3/h4-9,15-17,26H,10-14H2,1-3H3,(H,29,31). The summed E-state index contributed by atoms with van der Waals surface area (Å²) in [4.78, 5) is 16.5. The van der Waals surface area contributed by atoms with Crippen molar-refractivity contribution in [1.82, 2.24) is 10.3 Å². The minimum atomic E-state index is -2.92. The van der Waals surface area contributed by atoms with Crippen LogP contribution < -0.4 is 14.8 Å². The molecule has 0 saturated carbocycles. The molecule has 3 aromatic rings. The molecule has 0 saturated heterocycles. The van der Waals surface area contributed by atoms with Crippen LogP contribution in [-0.2, 0) is 24.1 Å². The summed E-state index contributed by atoms with van der Waals surface area (Å²) in [6, 6.07) is 13.0. The Morgan fingerprint density at radius 2 is 1.79 bits per heavy atom. The highest BCUT2D eigenvalue weighted by atomic mass is 19.3. The topological polar surface area (TPSA) is 73.6 Å². The Balaban J connectivity index is 1.44. The van der Waals surface area contributed by atoms with E-state index in [1.54, 1.807) is 18.3 Å². The second-order valence-electron chi connectivity index (χ2n) is 8.38. The summed E-state index contributed by atoms with van der Waals surface area (Å²) in [6.45, 7) is 1.86. The van der Waals surface area contributed by atoms with Gasteiger partial charge in [0.15, 0.2) is 23.1 Å². The van der Waals surface area contributed by atoms with Crippen LogP contribution in [0.15, 0.2) is 53.1 Å². The second kappa shape index (κ2) is 12.2. The number of nitrogens with one attached hydrogen (secondary N) is 1. The molecule has 8 heteroatoms. The van der Waals surface area contributed by atoms with Crippen molar-refractivity contribution >= 4 is 5.91 Å². The highest BCUT2D eigenvalue weighted by Gasteiger charge is 2.12. The number of oxazole rings is 1. The van der Waals surface area contributed by atoms with E-state index in [1.807, 2.05) is 12.1 Å². The molecule has 1 heterocycles. The number of carbonyl (C=O) groups is 1. The summed E-state index contributed by atoms with van der Waals surface area (Å²) in [5.74, 6) is 1.86. The zero-order valence-electron chi connectivity index (χ0n) is 19.6. The number of aryl methyl sites for hydroxylation is 1. The van der Waals surface area contributed by atoms with Crippen LogP contribution in [0.4, 0.5) is 8.78 Å². The summed E-state index contributed by atoms with van der Waals surface area (Å²) in [7, 11) is 1.38. The average molecular weight is 473 g/mol. The molecule has 2 aromatic carbocycles. The smallest absolute Gasteiger partial charge is 0.387 e. The molecule has 6 nitrogen and oxygen atoms in total. The lowest BCUT2D eigenvalue weighted by atomic mass is 10.0. The number of halogens is 2. The van der Waals surface area contributed by atoms with E-state index in [0.29, 0.717) is 37.0 Å².